The molecule has 0 aliphatic heterocycles. The van der Waals surface area contributed by atoms with E-state index in [2.05, 4.69) is 70.0 Å². The normalized spacial score (nSPS) is 16.0. The molecule has 1 unspecified atom stereocenters. The second-order valence-electron chi connectivity index (χ2n) is 12.5. The van der Waals surface area contributed by atoms with Crippen LogP contribution >= 0.6 is 0 Å². The van der Waals surface area contributed by atoms with E-state index in [9.17, 15) is 9.59 Å². The lowest BCUT2D eigenvalue weighted by atomic mass is 9.62. The van der Waals surface area contributed by atoms with Gasteiger partial charge in [-0.1, -0.05) is 102 Å². The summed E-state index contributed by atoms with van der Waals surface area (Å²) in [4.78, 5) is 34.7. The van der Waals surface area contributed by atoms with Gasteiger partial charge < -0.3 is 9.68 Å². The average Bonchev–Trinajstić information content (AvgIpc) is 2.95. The van der Waals surface area contributed by atoms with E-state index in [1.54, 1.807) is 18.2 Å². The van der Waals surface area contributed by atoms with E-state index in [1.807, 2.05) is 12.1 Å². The van der Waals surface area contributed by atoms with Gasteiger partial charge >= 0.3 is 5.97 Å². The molecule has 6 heteroatoms. The van der Waals surface area contributed by atoms with Crippen molar-refractivity contribution in [3.8, 4) is 0 Å². The van der Waals surface area contributed by atoms with Gasteiger partial charge in [0.25, 0.3) is 5.91 Å². The Morgan fingerprint density at radius 1 is 1.00 bits per heavy atom. The minimum Gasteiger partial charge on any atom is -0.396 e. The number of nitrogens with one attached hydrogen (secondary N) is 1. The van der Waals surface area contributed by atoms with Crippen LogP contribution in [0.3, 0.4) is 0 Å². The zero-order valence-electron chi connectivity index (χ0n) is 25.6. The van der Waals surface area contributed by atoms with E-state index in [0.717, 1.165) is 31.0 Å². The van der Waals surface area contributed by atoms with E-state index in [4.69, 9.17) is 9.68 Å². The molecule has 0 aromatic heterocycles. The number of amides is 1. The maximum atomic E-state index is 12.3. The number of oxime groups is 1. The van der Waals surface area contributed by atoms with Gasteiger partial charge in [0.05, 0.1) is 5.56 Å². The predicted molar refractivity (Wildman–Crippen MR) is 166 cm³/mol. The largest absolute Gasteiger partial charge is 0.396 e. The topological polar surface area (TPSA) is 77.0 Å². The molecule has 2 aromatic rings. The molecule has 0 spiro atoms. The third-order valence-corrected chi connectivity index (χ3v) is 8.38. The summed E-state index contributed by atoms with van der Waals surface area (Å²) < 4.78 is 0. The number of unbranched alkanes of at least 4 members (excludes halogenated alkanes) is 2. The number of benzene rings is 2. The zero-order chi connectivity index (χ0) is 29.9. The predicted octanol–water partition coefficient (Wildman–Crippen LogP) is 8.10. The van der Waals surface area contributed by atoms with E-state index >= 15 is 0 Å². The minimum absolute atomic E-state index is 0.191. The molecule has 0 saturated heterocycles. The molecule has 1 aliphatic carbocycles. The first-order valence-electron chi connectivity index (χ1n) is 15.1. The average molecular weight is 561 g/mol. The van der Waals surface area contributed by atoms with Crippen LogP contribution in [0.5, 0.6) is 0 Å². The Morgan fingerprint density at radius 3 is 2.44 bits per heavy atom. The molecule has 1 aliphatic rings. The molecule has 2 aromatic carbocycles. The van der Waals surface area contributed by atoms with Gasteiger partial charge in [0.15, 0.2) is 0 Å². The number of rotatable bonds is 14. The van der Waals surface area contributed by atoms with Crippen molar-refractivity contribution in [3.63, 3.8) is 0 Å². The van der Waals surface area contributed by atoms with E-state index in [0.29, 0.717) is 24.5 Å². The van der Waals surface area contributed by atoms with Gasteiger partial charge in [-0.15, -0.1) is 6.58 Å². The molecule has 0 saturated carbocycles. The second-order valence-corrected chi connectivity index (χ2v) is 12.5. The van der Waals surface area contributed by atoms with Crippen LogP contribution in [0.15, 0.2) is 60.3 Å². The zero-order valence-corrected chi connectivity index (χ0v) is 25.6. The van der Waals surface area contributed by atoms with Gasteiger partial charge in [0.1, 0.15) is 12.8 Å². The van der Waals surface area contributed by atoms with Crippen molar-refractivity contribution in [2.75, 3.05) is 6.61 Å². The number of hydrogen-bond donors (Lipinski definition) is 1. The maximum Gasteiger partial charge on any atom is 0.363 e. The Morgan fingerprint density at radius 2 is 1.71 bits per heavy atom. The van der Waals surface area contributed by atoms with Crippen molar-refractivity contribution < 1.29 is 19.3 Å². The summed E-state index contributed by atoms with van der Waals surface area (Å²) in [6.45, 7) is 15.8. The van der Waals surface area contributed by atoms with Crippen LogP contribution in [0, 0.1) is 0 Å². The van der Waals surface area contributed by atoms with Gasteiger partial charge in [0.2, 0.25) is 0 Å². The number of nitrogens with zero attached hydrogens (tertiary/aromatic N) is 1. The first-order valence-corrected chi connectivity index (χ1v) is 15.1. The van der Waals surface area contributed by atoms with E-state index < -0.39 is 11.9 Å². The molecule has 222 valence electrons. The lowest BCUT2D eigenvalue weighted by Crippen LogP contribution is -2.34. The molecule has 1 amide bonds. The molecule has 6 nitrogen and oxygen atoms in total. The van der Waals surface area contributed by atoms with Gasteiger partial charge in [-0.05, 0) is 83.6 Å². The van der Waals surface area contributed by atoms with E-state index in [1.165, 1.54) is 48.8 Å². The first-order chi connectivity index (χ1) is 19.6. The number of allylic oxidation sites excluding steroid dienone is 1. The van der Waals surface area contributed by atoms with Gasteiger partial charge in [-0.3, -0.25) is 4.79 Å². The molecule has 41 heavy (non-hydrogen) atoms. The van der Waals surface area contributed by atoms with Crippen LogP contribution in [0.1, 0.15) is 125 Å². The molecule has 1 atom stereocenters. The highest BCUT2D eigenvalue weighted by atomic mass is 16.7. The monoisotopic (exact) mass is 560 g/mol. The highest BCUT2D eigenvalue weighted by Crippen LogP contribution is 2.46. The molecule has 0 bridgehead atoms. The number of fused-ring (bicyclic) bond motifs is 1. The van der Waals surface area contributed by atoms with Gasteiger partial charge in [-0.2, -0.15) is 5.48 Å². The molecular formula is C35H48N2O4. The third-order valence-electron chi connectivity index (χ3n) is 8.38. The summed E-state index contributed by atoms with van der Waals surface area (Å²) in [6.07, 6.45) is 12.3. The molecule has 3 rings (SSSR count). The summed E-state index contributed by atoms with van der Waals surface area (Å²) in [6, 6.07) is 14.2. The summed E-state index contributed by atoms with van der Waals surface area (Å²) in [7, 11) is 0. The second kappa shape index (κ2) is 15.0. The lowest BCUT2D eigenvalue weighted by Gasteiger charge is -2.42. The molecule has 0 fully saturated rings. The summed E-state index contributed by atoms with van der Waals surface area (Å²) in [5.74, 6) is -0.850. The van der Waals surface area contributed by atoms with Gasteiger partial charge in [0, 0.05) is 0 Å². The molecule has 0 radical (unpaired) electrons. The van der Waals surface area contributed by atoms with Crippen LogP contribution in [0.25, 0.3) is 0 Å². The van der Waals surface area contributed by atoms with Crippen molar-refractivity contribution in [2.24, 2.45) is 5.16 Å². The Labute approximate surface area is 246 Å². The van der Waals surface area contributed by atoms with Crippen molar-refractivity contribution in [1.82, 2.24) is 5.48 Å². The Balaban J connectivity index is 1.51. The van der Waals surface area contributed by atoms with Crippen molar-refractivity contribution in [3.05, 3.63) is 82.9 Å². The van der Waals surface area contributed by atoms with E-state index in [-0.39, 0.29) is 10.8 Å². The first kappa shape index (κ1) is 32.1. The number of hydrogen-bond acceptors (Lipinski definition) is 5. The fourth-order valence-corrected chi connectivity index (χ4v) is 5.74. The highest BCUT2D eigenvalue weighted by molar-refractivity contribution is 6.25. The molecule has 0 heterocycles. The van der Waals surface area contributed by atoms with Gasteiger partial charge in [-0.25, -0.2) is 4.79 Å². The van der Waals surface area contributed by atoms with Crippen molar-refractivity contribution >= 4 is 18.1 Å². The summed E-state index contributed by atoms with van der Waals surface area (Å²) in [5.41, 5.74) is 8.08. The number of carbonyl (C=O) groups excluding carboxylic acids is 2. The number of carbonyl (C=O) groups is 2. The van der Waals surface area contributed by atoms with Crippen LogP contribution in [0.4, 0.5) is 0 Å². The maximum absolute atomic E-state index is 12.3. The van der Waals surface area contributed by atoms with Crippen LogP contribution < -0.4 is 5.48 Å². The lowest BCUT2D eigenvalue weighted by molar-refractivity contribution is -0.122. The van der Waals surface area contributed by atoms with Crippen LogP contribution in [-0.2, 0) is 31.7 Å². The fourth-order valence-electron chi connectivity index (χ4n) is 5.74. The van der Waals surface area contributed by atoms with Crippen molar-refractivity contribution in [1.29, 1.82) is 0 Å². The molecule has 1 N–H and O–H groups in total. The van der Waals surface area contributed by atoms with Crippen LogP contribution in [-0.4, -0.2) is 24.7 Å². The standard InChI is InChI=1S/C35H48N2O4/c1-7-9-10-15-26(28-19-20-30-31(24-28)35(5,6)22-21-34(30,3)4)17-13-23-40-36-25-32(38)37-41-33(39)29-18-12-11-16-27(29)14-8-2/h8,11-12,16,18-20,24-26H,2,7,9-10,13-15,17,21-23H2,1,3-6H3,(H,37,38). The number of hydroxylamine groups is 1. The minimum atomic E-state index is -0.670. The smallest absolute Gasteiger partial charge is 0.363 e. The summed E-state index contributed by atoms with van der Waals surface area (Å²) in [5, 5.41) is 3.77. The Bertz CT molecular complexity index is 1210. The highest BCUT2D eigenvalue weighted by Gasteiger charge is 2.37. The third kappa shape index (κ3) is 9.04. The fraction of sp³-hybridized carbons (Fsp3) is 0.514. The summed E-state index contributed by atoms with van der Waals surface area (Å²) >= 11 is 0. The van der Waals surface area contributed by atoms with Crippen molar-refractivity contribution in [2.45, 2.75) is 109 Å². The van der Waals surface area contributed by atoms with Crippen LogP contribution in [0.2, 0.25) is 0 Å². The molecular weight excluding hydrogens is 512 g/mol. The quantitative estimate of drug-likeness (QED) is 0.110. The Kier molecular flexibility index (Phi) is 11.7. The SMILES string of the molecule is C=CCc1ccccc1C(=O)ONC(=O)C=NOCCCC(CCCCC)c1ccc2c(c1)C(C)(C)CCC2(C)C. The Hall–Kier alpha value is -3.41.